The third kappa shape index (κ3) is 7.42. The van der Waals surface area contributed by atoms with Crippen LogP contribution in [-0.2, 0) is 16.0 Å². The number of alkyl halides is 5. The van der Waals surface area contributed by atoms with Crippen LogP contribution in [0.4, 0.5) is 22.0 Å². The molecule has 10 heteroatoms. The highest BCUT2D eigenvalue weighted by molar-refractivity contribution is 5.69. The molecule has 0 saturated carbocycles. The molecule has 0 aliphatic carbocycles. The zero-order valence-electron chi connectivity index (χ0n) is 14.7. The number of rotatable bonds is 10. The van der Waals surface area contributed by atoms with Gasteiger partial charge in [0.05, 0.1) is 13.2 Å². The molecule has 0 N–H and O–H groups in total. The zero-order valence-corrected chi connectivity index (χ0v) is 14.7. The SMILES string of the molecule is COC(=O)CCCc1ccc([C@@H](CCCC(F)(F)C(F)(F)F)N=[N+]=[N-])cc1. The molecule has 0 heterocycles. The van der Waals surface area contributed by atoms with Gasteiger partial charge in [0.25, 0.3) is 0 Å². The molecule has 0 bridgehead atoms. The van der Waals surface area contributed by atoms with Gasteiger partial charge in [0.2, 0.25) is 0 Å². The summed E-state index contributed by atoms with van der Waals surface area (Å²) in [6.45, 7) is 0. The van der Waals surface area contributed by atoms with Crippen molar-refractivity contribution in [3.63, 3.8) is 0 Å². The van der Waals surface area contributed by atoms with Crippen molar-refractivity contribution in [2.24, 2.45) is 5.11 Å². The van der Waals surface area contributed by atoms with Crippen molar-refractivity contribution < 1.29 is 31.5 Å². The first kappa shape index (κ1) is 22.7. The highest BCUT2D eigenvalue weighted by atomic mass is 19.4. The molecule has 0 aromatic heterocycles. The second-order valence-electron chi connectivity index (χ2n) is 5.99. The minimum absolute atomic E-state index is 0.128. The zero-order chi connectivity index (χ0) is 20.5. The number of hydrogen-bond acceptors (Lipinski definition) is 3. The van der Waals surface area contributed by atoms with Gasteiger partial charge in [-0.15, -0.1) is 0 Å². The normalized spacial score (nSPS) is 13.0. The van der Waals surface area contributed by atoms with Crippen LogP contribution in [0, 0.1) is 0 Å². The van der Waals surface area contributed by atoms with Crippen LogP contribution in [0.15, 0.2) is 29.4 Å². The summed E-state index contributed by atoms with van der Waals surface area (Å²) in [5, 5.41) is 3.50. The maximum absolute atomic E-state index is 13.0. The molecule has 0 aliphatic heterocycles. The van der Waals surface area contributed by atoms with Gasteiger partial charge < -0.3 is 4.74 Å². The topological polar surface area (TPSA) is 75.1 Å². The number of benzene rings is 1. The number of hydrogen-bond donors (Lipinski definition) is 0. The van der Waals surface area contributed by atoms with Gasteiger partial charge in [-0.1, -0.05) is 29.4 Å². The Morgan fingerprint density at radius 1 is 1.19 bits per heavy atom. The van der Waals surface area contributed by atoms with Crippen LogP contribution in [0.2, 0.25) is 0 Å². The first-order valence-electron chi connectivity index (χ1n) is 8.25. The fourth-order valence-electron chi connectivity index (χ4n) is 2.46. The smallest absolute Gasteiger partial charge is 0.453 e. The Morgan fingerprint density at radius 3 is 2.33 bits per heavy atom. The van der Waals surface area contributed by atoms with Gasteiger partial charge in [0, 0.05) is 17.8 Å². The van der Waals surface area contributed by atoms with E-state index in [1.54, 1.807) is 24.3 Å². The molecule has 0 fully saturated rings. The standard InChI is InChI=1S/C17H20F5N3O2/c1-27-15(26)6-2-4-12-7-9-13(10-8-12)14(24-25-23)5-3-11-16(18,19)17(20,21)22/h7-10,14H,2-6,11H2,1H3/t14-/m1/s1. The van der Waals surface area contributed by atoms with Crippen molar-refractivity contribution in [3.8, 4) is 0 Å². The molecule has 1 aromatic carbocycles. The fraction of sp³-hybridized carbons (Fsp3) is 0.588. The summed E-state index contributed by atoms with van der Waals surface area (Å²) >= 11 is 0. The predicted molar refractivity (Wildman–Crippen MR) is 88.1 cm³/mol. The van der Waals surface area contributed by atoms with E-state index in [1.165, 1.54) is 7.11 Å². The maximum atomic E-state index is 13.0. The molecule has 150 valence electrons. The van der Waals surface area contributed by atoms with Crippen LogP contribution < -0.4 is 0 Å². The maximum Gasteiger partial charge on any atom is 0.453 e. The van der Waals surface area contributed by atoms with E-state index in [0.29, 0.717) is 18.4 Å². The number of ether oxygens (including phenoxy) is 1. The molecule has 0 aliphatic rings. The fourth-order valence-corrected chi connectivity index (χ4v) is 2.46. The summed E-state index contributed by atoms with van der Waals surface area (Å²) in [5.74, 6) is -5.08. The van der Waals surface area contributed by atoms with Crippen LogP contribution in [0.25, 0.3) is 10.4 Å². The van der Waals surface area contributed by atoms with Crippen molar-refractivity contribution in [3.05, 3.63) is 45.8 Å². The molecular weight excluding hydrogens is 373 g/mol. The van der Waals surface area contributed by atoms with E-state index in [-0.39, 0.29) is 18.8 Å². The second kappa shape index (κ2) is 10.1. The van der Waals surface area contributed by atoms with Gasteiger partial charge in [0.15, 0.2) is 0 Å². The lowest BCUT2D eigenvalue weighted by Crippen LogP contribution is -2.36. The molecule has 1 aromatic rings. The molecule has 0 spiro atoms. The van der Waals surface area contributed by atoms with Gasteiger partial charge >= 0.3 is 18.1 Å². The Balaban J connectivity index is 2.64. The average molecular weight is 393 g/mol. The van der Waals surface area contributed by atoms with E-state index < -0.39 is 31.0 Å². The lowest BCUT2D eigenvalue weighted by atomic mass is 9.98. The highest BCUT2D eigenvalue weighted by Crippen LogP contribution is 2.40. The predicted octanol–water partition coefficient (Wildman–Crippen LogP) is 5.90. The molecule has 1 rings (SSSR count). The van der Waals surface area contributed by atoms with Crippen molar-refractivity contribution >= 4 is 5.97 Å². The minimum Gasteiger partial charge on any atom is -0.469 e. The minimum atomic E-state index is -5.59. The number of aryl methyl sites for hydroxylation is 1. The molecule has 27 heavy (non-hydrogen) atoms. The van der Waals surface area contributed by atoms with Crippen LogP contribution >= 0.6 is 0 Å². The lowest BCUT2D eigenvalue weighted by Gasteiger charge is -2.20. The molecule has 0 saturated heterocycles. The summed E-state index contributed by atoms with van der Waals surface area (Å²) < 4.78 is 67.0. The van der Waals surface area contributed by atoms with Gasteiger partial charge in [0.1, 0.15) is 0 Å². The number of carbonyl (C=O) groups excluding carboxylic acids is 1. The van der Waals surface area contributed by atoms with Crippen LogP contribution in [0.3, 0.4) is 0 Å². The largest absolute Gasteiger partial charge is 0.469 e. The summed E-state index contributed by atoms with van der Waals surface area (Å²) in [7, 11) is 1.30. The second-order valence-corrected chi connectivity index (χ2v) is 5.99. The Labute approximate surface area is 153 Å². The van der Waals surface area contributed by atoms with E-state index in [4.69, 9.17) is 5.53 Å². The van der Waals surface area contributed by atoms with Gasteiger partial charge in [-0.25, -0.2) is 0 Å². The summed E-state index contributed by atoms with van der Waals surface area (Å²) in [6, 6.07) is 5.90. The quantitative estimate of drug-likeness (QED) is 0.163. The average Bonchev–Trinajstić information content (AvgIpc) is 2.60. The Hall–Kier alpha value is -2.35. The van der Waals surface area contributed by atoms with Crippen molar-refractivity contribution in [2.75, 3.05) is 7.11 Å². The van der Waals surface area contributed by atoms with Gasteiger partial charge in [-0.3, -0.25) is 4.79 Å². The Morgan fingerprint density at radius 2 is 1.81 bits per heavy atom. The summed E-state index contributed by atoms with van der Waals surface area (Å²) in [4.78, 5) is 13.7. The number of halogens is 5. The van der Waals surface area contributed by atoms with Crippen molar-refractivity contribution in [2.45, 2.75) is 56.7 Å². The number of carbonyl (C=O) groups is 1. The number of azide groups is 1. The van der Waals surface area contributed by atoms with E-state index in [0.717, 1.165) is 5.56 Å². The number of nitrogens with zero attached hydrogens (tertiary/aromatic N) is 3. The summed E-state index contributed by atoms with van der Waals surface area (Å²) in [5.41, 5.74) is 10.1. The van der Waals surface area contributed by atoms with Crippen molar-refractivity contribution in [1.82, 2.24) is 0 Å². The van der Waals surface area contributed by atoms with Crippen LogP contribution in [0.1, 0.15) is 49.3 Å². The number of esters is 1. The van der Waals surface area contributed by atoms with E-state index >= 15 is 0 Å². The van der Waals surface area contributed by atoms with Crippen LogP contribution in [-0.4, -0.2) is 25.2 Å². The highest BCUT2D eigenvalue weighted by Gasteiger charge is 2.56. The molecule has 0 amide bonds. The van der Waals surface area contributed by atoms with Gasteiger partial charge in [-0.05, 0) is 42.3 Å². The molecular formula is C17H20F5N3O2. The molecule has 5 nitrogen and oxygen atoms in total. The Kier molecular flexibility index (Phi) is 8.49. The number of methoxy groups -OCH3 is 1. The van der Waals surface area contributed by atoms with E-state index in [1.807, 2.05) is 0 Å². The summed E-state index contributed by atoms with van der Waals surface area (Å²) in [6.07, 6.45) is -6.06. The third-order valence-corrected chi connectivity index (χ3v) is 4.01. The van der Waals surface area contributed by atoms with Gasteiger partial charge in [-0.2, -0.15) is 22.0 Å². The molecule has 1 atom stereocenters. The first-order chi connectivity index (χ1) is 12.6. The third-order valence-electron chi connectivity index (χ3n) is 4.01. The first-order valence-corrected chi connectivity index (χ1v) is 8.25. The lowest BCUT2D eigenvalue weighted by molar-refractivity contribution is -0.284. The molecule has 0 unspecified atom stereocenters. The van der Waals surface area contributed by atoms with E-state index in [9.17, 15) is 26.7 Å². The molecule has 0 radical (unpaired) electrons. The van der Waals surface area contributed by atoms with Crippen molar-refractivity contribution in [1.29, 1.82) is 0 Å². The monoisotopic (exact) mass is 393 g/mol. The van der Waals surface area contributed by atoms with Crippen LogP contribution in [0.5, 0.6) is 0 Å². The Bertz CT molecular complexity index is 656. The van der Waals surface area contributed by atoms with E-state index in [2.05, 4.69) is 14.8 Å².